The Morgan fingerprint density at radius 3 is 2.10 bits per heavy atom. The molecular weight excluding hydrogens is 359 g/mol. The summed E-state index contributed by atoms with van der Waals surface area (Å²) in [7, 11) is 5.67. The average Bonchev–Trinajstić information content (AvgIpc) is 3.49. The smallest absolute Gasteiger partial charge is 0.162 e. The number of benzene rings is 2. The zero-order valence-electron chi connectivity index (χ0n) is 16.9. The highest BCUT2D eigenvalue weighted by molar-refractivity contribution is 6.21. The molecule has 148 valence electrons. The highest BCUT2D eigenvalue weighted by Crippen LogP contribution is 2.22. The Labute approximate surface area is 174 Å². The molecule has 0 N–H and O–H groups in total. The van der Waals surface area contributed by atoms with Crippen molar-refractivity contribution in [3.63, 3.8) is 0 Å². The van der Waals surface area contributed by atoms with Crippen molar-refractivity contribution in [2.24, 2.45) is 5.92 Å². The second-order valence-electron chi connectivity index (χ2n) is 6.85. The topological polar surface area (TPSA) is 36.3 Å². The fraction of sp³-hybridized carbons (Fsp3) is 0.292. The largest absolute Gasteiger partial charge is 0.350 e. The van der Waals surface area contributed by atoms with Crippen LogP contribution in [0.25, 0.3) is 5.57 Å². The van der Waals surface area contributed by atoms with Crippen LogP contribution in [0.3, 0.4) is 0 Å². The number of ether oxygens (including phenoxy) is 2. The van der Waals surface area contributed by atoms with Gasteiger partial charge in [0, 0.05) is 24.9 Å². The number of hydrogen-bond donors (Lipinski definition) is 0. The van der Waals surface area contributed by atoms with Gasteiger partial charge in [0.25, 0.3) is 0 Å². The van der Waals surface area contributed by atoms with Gasteiger partial charge in [0.05, 0.1) is 19.5 Å². The monoisotopic (exact) mass is 386 g/mol. The number of aromatic nitrogens is 2. The fourth-order valence-corrected chi connectivity index (χ4v) is 3.32. The standard InChI is InChI=1S/C14H11B.C10H16N2O2/c15-11-14(12-7-3-1-4-8-12)13-9-5-2-6-10-13;1-2-9(10-13-5-6-14-10)7-12-4-3-11-8-12/h1-11H;3-4,8-10H,2,5-7H2,1H3. The van der Waals surface area contributed by atoms with E-state index in [1.807, 2.05) is 48.9 Å². The summed E-state index contributed by atoms with van der Waals surface area (Å²) in [5, 5.41) is 0. The molecule has 0 aliphatic carbocycles. The van der Waals surface area contributed by atoms with Gasteiger partial charge < -0.3 is 14.0 Å². The highest BCUT2D eigenvalue weighted by atomic mass is 16.7. The van der Waals surface area contributed by atoms with Crippen molar-refractivity contribution in [3.8, 4) is 0 Å². The predicted octanol–water partition coefficient (Wildman–Crippen LogP) is 4.53. The quantitative estimate of drug-likeness (QED) is 0.584. The lowest BCUT2D eigenvalue weighted by molar-refractivity contribution is -0.0884. The van der Waals surface area contributed by atoms with Crippen molar-refractivity contribution >= 4 is 13.4 Å². The van der Waals surface area contributed by atoms with Crippen LogP contribution in [0.15, 0.2) is 85.4 Å². The maximum absolute atomic E-state index is 5.67. The van der Waals surface area contributed by atoms with Gasteiger partial charge in [-0.1, -0.05) is 67.6 Å². The van der Waals surface area contributed by atoms with Gasteiger partial charge in [-0.3, -0.25) is 0 Å². The van der Waals surface area contributed by atoms with Gasteiger partial charge in [-0.2, -0.15) is 0 Å². The minimum atomic E-state index is -0.0256. The van der Waals surface area contributed by atoms with Gasteiger partial charge in [-0.15, -0.1) is 5.98 Å². The Hall–Kier alpha value is -2.63. The van der Waals surface area contributed by atoms with Crippen LogP contribution in [0, 0.1) is 5.92 Å². The van der Waals surface area contributed by atoms with Crippen LogP contribution in [-0.2, 0) is 16.0 Å². The molecule has 1 aromatic heterocycles. The zero-order chi connectivity index (χ0) is 20.3. The molecule has 1 unspecified atom stereocenters. The predicted molar refractivity (Wildman–Crippen MR) is 117 cm³/mol. The first-order valence-corrected chi connectivity index (χ1v) is 10.0. The molecule has 2 radical (unpaired) electrons. The van der Waals surface area contributed by atoms with Gasteiger partial charge in [0.2, 0.25) is 0 Å². The van der Waals surface area contributed by atoms with Crippen molar-refractivity contribution in [3.05, 3.63) is 96.5 Å². The molecule has 1 saturated heterocycles. The van der Waals surface area contributed by atoms with E-state index in [1.165, 1.54) is 0 Å². The highest BCUT2D eigenvalue weighted by Gasteiger charge is 2.25. The van der Waals surface area contributed by atoms with Crippen molar-refractivity contribution in [2.75, 3.05) is 13.2 Å². The molecule has 1 fully saturated rings. The van der Waals surface area contributed by atoms with E-state index >= 15 is 0 Å². The lowest BCUT2D eigenvalue weighted by Crippen LogP contribution is -2.25. The molecule has 2 heterocycles. The maximum Gasteiger partial charge on any atom is 0.162 e. The van der Waals surface area contributed by atoms with Crippen molar-refractivity contribution in [2.45, 2.75) is 26.2 Å². The van der Waals surface area contributed by atoms with Crippen LogP contribution in [0.4, 0.5) is 0 Å². The molecule has 0 bridgehead atoms. The molecule has 2 aromatic carbocycles. The number of imidazole rings is 1. The van der Waals surface area contributed by atoms with Crippen molar-refractivity contribution in [1.29, 1.82) is 0 Å². The molecule has 0 spiro atoms. The normalized spacial score (nSPS) is 14.7. The first kappa shape index (κ1) is 21.1. The molecule has 4 nitrogen and oxygen atoms in total. The summed E-state index contributed by atoms with van der Waals surface area (Å²) in [6, 6.07) is 20.3. The van der Waals surface area contributed by atoms with Gasteiger partial charge >= 0.3 is 0 Å². The van der Waals surface area contributed by atoms with Crippen LogP contribution >= 0.6 is 0 Å². The third-order valence-corrected chi connectivity index (χ3v) is 4.90. The third-order valence-electron chi connectivity index (χ3n) is 4.90. The third kappa shape index (κ3) is 6.18. The minimum absolute atomic E-state index is 0.0256. The average molecular weight is 386 g/mol. The molecule has 1 aliphatic heterocycles. The first-order chi connectivity index (χ1) is 14.3. The van der Waals surface area contributed by atoms with Gasteiger partial charge in [0.1, 0.15) is 7.85 Å². The molecule has 0 amide bonds. The Bertz CT molecular complexity index is 804. The Kier molecular flexibility index (Phi) is 8.29. The summed E-state index contributed by atoms with van der Waals surface area (Å²) < 4.78 is 13.1. The molecule has 3 aromatic rings. The van der Waals surface area contributed by atoms with E-state index in [9.17, 15) is 0 Å². The number of hydrogen-bond acceptors (Lipinski definition) is 3. The van der Waals surface area contributed by atoms with Crippen LogP contribution in [-0.4, -0.2) is 36.9 Å². The van der Waals surface area contributed by atoms with Gasteiger partial charge in [-0.05, 0) is 23.1 Å². The summed E-state index contributed by atoms with van der Waals surface area (Å²) >= 11 is 0. The molecular formula is C24H27BN2O2. The summed E-state index contributed by atoms with van der Waals surface area (Å²) in [5.74, 6) is 2.08. The Morgan fingerprint density at radius 1 is 1.07 bits per heavy atom. The Balaban J connectivity index is 0.000000166. The van der Waals surface area contributed by atoms with Crippen LogP contribution in [0.5, 0.6) is 0 Å². The van der Waals surface area contributed by atoms with E-state index in [-0.39, 0.29) is 6.29 Å². The van der Waals surface area contributed by atoms with Crippen LogP contribution in [0.2, 0.25) is 0 Å². The van der Waals surface area contributed by atoms with Crippen molar-refractivity contribution < 1.29 is 9.47 Å². The van der Waals surface area contributed by atoms with Crippen LogP contribution in [0.1, 0.15) is 24.5 Å². The van der Waals surface area contributed by atoms with Crippen molar-refractivity contribution in [1.82, 2.24) is 9.55 Å². The fourth-order valence-electron chi connectivity index (χ4n) is 3.32. The second kappa shape index (κ2) is 11.4. The van der Waals surface area contributed by atoms with Gasteiger partial charge in [-0.25, -0.2) is 4.98 Å². The second-order valence-corrected chi connectivity index (χ2v) is 6.85. The molecule has 5 heteroatoms. The van der Waals surface area contributed by atoms with E-state index in [2.05, 4.69) is 40.7 Å². The van der Waals surface area contributed by atoms with E-state index in [0.717, 1.165) is 42.9 Å². The Morgan fingerprint density at radius 2 is 1.66 bits per heavy atom. The number of rotatable bonds is 6. The summed E-state index contributed by atoms with van der Waals surface area (Å²) in [4.78, 5) is 4.02. The van der Waals surface area contributed by atoms with E-state index in [1.54, 1.807) is 12.2 Å². The van der Waals surface area contributed by atoms with E-state index in [4.69, 9.17) is 17.3 Å². The first-order valence-electron chi connectivity index (χ1n) is 10.0. The SMILES string of the molecule is CCC(Cn1ccnc1)C1OCCO1.[B]C=C(c1ccccc1)c1ccccc1. The molecule has 0 saturated carbocycles. The minimum Gasteiger partial charge on any atom is -0.350 e. The van der Waals surface area contributed by atoms with E-state index in [0.29, 0.717) is 5.92 Å². The molecule has 29 heavy (non-hydrogen) atoms. The summed E-state index contributed by atoms with van der Waals surface area (Å²) in [6.45, 7) is 4.53. The molecule has 4 rings (SSSR count). The maximum atomic E-state index is 5.67. The van der Waals surface area contributed by atoms with E-state index < -0.39 is 0 Å². The number of nitrogens with zero attached hydrogens (tertiary/aromatic N) is 2. The molecule has 1 aliphatic rings. The van der Waals surface area contributed by atoms with Gasteiger partial charge in [0.15, 0.2) is 6.29 Å². The van der Waals surface area contributed by atoms with Crippen LogP contribution < -0.4 is 0 Å². The summed E-state index contributed by atoms with van der Waals surface area (Å²) in [6.07, 6.45) is 6.63. The summed E-state index contributed by atoms with van der Waals surface area (Å²) in [5.41, 5.74) is 3.36. The molecule has 1 atom stereocenters. The lowest BCUT2D eigenvalue weighted by atomic mass is 9.92. The zero-order valence-corrected chi connectivity index (χ0v) is 16.9. The lowest BCUT2D eigenvalue weighted by Gasteiger charge is -2.20.